The summed E-state index contributed by atoms with van der Waals surface area (Å²) in [4.78, 5) is 15.3. The zero-order valence-corrected chi connectivity index (χ0v) is 14.6. The van der Waals surface area contributed by atoms with Crippen molar-refractivity contribution >= 4 is 5.97 Å². The van der Waals surface area contributed by atoms with E-state index in [-0.39, 0.29) is 17.2 Å². The maximum Gasteiger partial charge on any atom is 0.422 e. The van der Waals surface area contributed by atoms with Crippen LogP contribution in [0.1, 0.15) is 52.2 Å². The van der Waals surface area contributed by atoms with Gasteiger partial charge in [-0.05, 0) is 72.9 Å². The molecule has 1 aromatic carbocycles. The number of alkyl halides is 3. The van der Waals surface area contributed by atoms with Gasteiger partial charge in [0, 0.05) is 12.4 Å². The summed E-state index contributed by atoms with van der Waals surface area (Å²) in [5, 5.41) is 9.28. The van der Waals surface area contributed by atoms with Crippen LogP contribution in [-0.2, 0) is 12.8 Å². The third kappa shape index (κ3) is 4.99. The Bertz CT molecular complexity index is 820. The first-order valence-electron chi connectivity index (χ1n) is 8.82. The van der Waals surface area contributed by atoms with Gasteiger partial charge in [0.1, 0.15) is 5.75 Å². The minimum atomic E-state index is -4.36. The molecule has 1 heterocycles. The average Bonchev–Trinajstić information content (AvgIpc) is 2.64. The van der Waals surface area contributed by atoms with Crippen molar-refractivity contribution in [2.75, 3.05) is 6.61 Å². The lowest BCUT2D eigenvalue weighted by molar-refractivity contribution is -0.153. The van der Waals surface area contributed by atoms with Crippen molar-refractivity contribution in [2.45, 2.75) is 44.2 Å². The van der Waals surface area contributed by atoms with Crippen molar-refractivity contribution in [1.29, 1.82) is 0 Å². The fourth-order valence-corrected chi connectivity index (χ4v) is 3.61. The van der Waals surface area contributed by atoms with E-state index in [1.54, 1.807) is 18.3 Å². The highest BCUT2D eigenvalue weighted by Gasteiger charge is 2.29. The van der Waals surface area contributed by atoms with Crippen molar-refractivity contribution in [1.82, 2.24) is 4.98 Å². The smallest absolute Gasteiger partial charge is 0.422 e. The van der Waals surface area contributed by atoms with Gasteiger partial charge in [-0.15, -0.1) is 0 Å². The fourth-order valence-electron chi connectivity index (χ4n) is 3.61. The SMILES string of the molecule is O=C(O)c1ccncc1CCC1CCCc2cc(OCC(F)(F)F)ccc21. The van der Waals surface area contributed by atoms with Gasteiger partial charge >= 0.3 is 12.1 Å². The van der Waals surface area contributed by atoms with E-state index in [0.717, 1.165) is 36.8 Å². The Balaban J connectivity index is 1.70. The summed E-state index contributed by atoms with van der Waals surface area (Å²) in [6.07, 6.45) is 2.77. The van der Waals surface area contributed by atoms with Crippen molar-refractivity contribution < 1.29 is 27.8 Å². The lowest BCUT2D eigenvalue weighted by Crippen LogP contribution is -2.19. The van der Waals surface area contributed by atoms with Crippen LogP contribution in [0.2, 0.25) is 0 Å². The molecular weight excluding hydrogens is 359 g/mol. The van der Waals surface area contributed by atoms with Crippen LogP contribution in [0.4, 0.5) is 13.2 Å². The lowest BCUT2D eigenvalue weighted by atomic mass is 9.79. The Hall–Kier alpha value is -2.57. The Morgan fingerprint density at radius 1 is 1.30 bits per heavy atom. The molecule has 1 aliphatic carbocycles. The number of hydrogen-bond donors (Lipinski definition) is 1. The third-order valence-electron chi connectivity index (χ3n) is 4.85. The van der Waals surface area contributed by atoms with Gasteiger partial charge in [0.25, 0.3) is 0 Å². The number of carboxylic acid groups (broad SMARTS) is 1. The molecule has 0 fully saturated rings. The minimum Gasteiger partial charge on any atom is -0.484 e. The third-order valence-corrected chi connectivity index (χ3v) is 4.85. The summed E-state index contributed by atoms with van der Waals surface area (Å²) in [5.41, 5.74) is 3.08. The molecule has 7 heteroatoms. The zero-order valence-electron chi connectivity index (χ0n) is 14.6. The van der Waals surface area contributed by atoms with Crippen molar-refractivity contribution in [3.05, 3.63) is 58.9 Å². The number of pyridine rings is 1. The predicted octanol–water partition coefficient (Wildman–Crippen LogP) is 4.77. The molecule has 1 aliphatic rings. The van der Waals surface area contributed by atoms with E-state index in [1.807, 2.05) is 6.07 Å². The highest BCUT2D eigenvalue weighted by atomic mass is 19.4. The van der Waals surface area contributed by atoms with E-state index in [9.17, 15) is 23.1 Å². The maximum absolute atomic E-state index is 12.3. The molecule has 0 aliphatic heterocycles. The monoisotopic (exact) mass is 379 g/mol. The van der Waals surface area contributed by atoms with Crippen LogP contribution < -0.4 is 4.74 Å². The van der Waals surface area contributed by atoms with Gasteiger partial charge in [-0.1, -0.05) is 6.07 Å². The van der Waals surface area contributed by atoms with E-state index in [2.05, 4.69) is 4.98 Å². The van der Waals surface area contributed by atoms with E-state index in [1.165, 1.54) is 12.3 Å². The first-order chi connectivity index (χ1) is 12.8. The first kappa shape index (κ1) is 19.2. The predicted molar refractivity (Wildman–Crippen MR) is 93.2 cm³/mol. The molecule has 0 bridgehead atoms. The van der Waals surface area contributed by atoms with Crippen molar-refractivity contribution in [3.8, 4) is 5.75 Å². The number of rotatable bonds is 6. The van der Waals surface area contributed by atoms with Crippen LogP contribution in [0.15, 0.2) is 36.7 Å². The number of hydrogen-bond acceptors (Lipinski definition) is 3. The Kier molecular flexibility index (Phi) is 5.68. The standard InChI is InChI=1S/C20H20F3NO3/c21-20(22,23)12-27-16-6-7-17-13(2-1-3-14(17)10-16)4-5-15-11-24-9-8-18(15)19(25)26/h6-11,13H,1-5,12H2,(H,25,26). The molecule has 144 valence electrons. The van der Waals surface area contributed by atoms with Gasteiger partial charge < -0.3 is 9.84 Å². The topological polar surface area (TPSA) is 59.4 Å². The van der Waals surface area contributed by atoms with Crippen LogP contribution in [0, 0.1) is 0 Å². The number of ether oxygens (including phenoxy) is 1. The van der Waals surface area contributed by atoms with E-state index >= 15 is 0 Å². The lowest BCUT2D eigenvalue weighted by Gasteiger charge is -2.26. The Morgan fingerprint density at radius 2 is 2.11 bits per heavy atom. The number of fused-ring (bicyclic) bond motifs is 1. The molecule has 0 spiro atoms. The number of aryl methyl sites for hydroxylation is 2. The minimum absolute atomic E-state index is 0.229. The molecule has 2 aromatic rings. The van der Waals surface area contributed by atoms with Crippen LogP contribution in [0.5, 0.6) is 5.75 Å². The molecule has 1 aromatic heterocycles. The molecule has 4 nitrogen and oxygen atoms in total. The number of halogens is 3. The number of aromatic carboxylic acids is 1. The van der Waals surface area contributed by atoms with E-state index in [4.69, 9.17) is 4.74 Å². The van der Waals surface area contributed by atoms with Gasteiger partial charge in [0.15, 0.2) is 6.61 Å². The quantitative estimate of drug-likeness (QED) is 0.785. The number of carbonyl (C=O) groups is 1. The number of aromatic nitrogens is 1. The highest BCUT2D eigenvalue weighted by Crippen LogP contribution is 2.37. The van der Waals surface area contributed by atoms with Crippen LogP contribution in [-0.4, -0.2) is 28.8 Å². The summed E-state index contributed by atoms with van der Waals surface area (Å²) in [6, 6.07) is 6.61. The number of benzene rings is 1. The largest absolute Gasteiger partial charge is 0.484 e. The molecular formula is C20H20F3NO3. The summed E-state index contributed by atoms with van der Waals surface area (Å²) in [5.74, 6) is -0.498. The summed E-state index contributed by atoms with van der Waals surface area (Å²) in [6.45, 7) is -1.30. The molecule has 3 rings (SSSR count). The molecule has 1 unspecified atom stereocenters. The van der Waals surface area contributed by atoms with Gasteiger partial charge in [0.05, 0.1) is 5.56 Å². The summed E-state index contributed by atoms with van der Waals surface area (Å²) < 4.78 is 41.8. The second-order valence-corrected chi connectivity index (χ2v) is 6.73. The molecule has 0 saturated heterocycles. The second kappa shape index (κ2) is 7.98. The fraction of sp³-hybridized carbons (Fsp3) is 0.400. The normalized spacial score (nSPS) is 16.6. The maximum atomic E-state index is 12.3. The number of nitrogens with zero attached hydrogens (tertiary/aromatic N) is 1. The van der Waals surface area contributed by atoms with E-state index < -0.39 is 18.8 Å². The molecule has 0 radical (unpaired) electrons. The van der Waals surface area contributed by atoms with Gasteiger partial charge in [-0.3, -0.25) is 4.98 Å². The molecule has 1 atom stereocenters. The summed E-state index contributed by atoms with van der Waals surface area (Å²) >= 11 is 0. The molecule has 0 amide bonds. The number of carboxylic acids is 1. The van der Waals surface area contributed by atoms with Crippen LogP contribution >= 0.6 is 0 Å². The molecule has 1 N–H and O–H groups in total. The average molecular weight is 379 g/mol. The Labute approximate surface area is 155 Å². The second-order valence-electron chi connectivity index (χ2n) is 6.73. The first-order valence-corrected chi connectivity index (χ1v) is 8.82. The highest BCUT2D eigenvalue weighted by molar-refractivity contribution is 5.89. The van der Waals surface area contributed by atoms with Gasteiger partial charge in [-0.2, -0.15) is 13.2 Å². The summed E-state index contributed by atoms with van der Waals surface area (Å²) in [7, 11) is 0. The molecule has 0 saturated carbocycles. The van der Waals surface area contributed by atoms with Gasteiger partial charge in [0.2, 0.25) is 0 Å². The van der Waals surface area contributed by atoms with Crippen LogP contribution in [0.3, 0.4) is 0 Å². The van der Waals surface area contributed by atoms with Gasteiger partial charge in [-0.25, -0.2) is 4.79 Å². The van der Waals surface area contributed by atoms with Crippen molar-refractivity contribution in [3.63, 3.8) is 0 Å². The van der Waals surface area contributed by atoms with Crippen molar-refractivity contribution in [2.24, 2.45) is 0 Å². The molecule has 27 heavy (non-hydrogen) atoms. The van der Waals surface area contributed by atoms with E-state index in [0.29, 0.717) is 12.0 Å². The Morgan fingerprint density at radius 3 is 2.85 bits per heavy atom. The zero-order chi connectivity index (χ0) is 19.4. The van der Waals surface area contributed by atoms with Crippen LogP contribution in [0.25, 0.3) is 0 Å².